The number of fused-ring (bicyclic) bond motifs is 1. The predicted octanol–water partition coefficient (Wildman–Crippen LogP) is 2.23. The Morgan fingerprint density at radius 3 is 2.58 bits per heavy atom. The zero-order chi connectivity index (χ0) is 18.3. The van der Waals surface area contributed by atoms with Gasteiger partial charge in [0.15, 0.2) is 0 Å². The van der Waals surface area contributed by atoms with Crippen molar-refractivity contribution in [3.8, 4) is 16.9 Å². The number of benzene rings is 1. The van der Waals surface area contributed by atoms with E-state index in [2.05, 4.69) is 38.5 Å². The number of piperazine rings is 1. The molecule has 3 heterocycles. The number of nitrogens with two attached hydrogens (primary N) is 1. The number of rotatable bonds is 3. The fourth-order valence-electron chi connectivity index (χ4n) is 3.68. The van der Waals surface area contributed by atoms with Gasteiger partial charge in [-0.25, -0.2) is 4.98 Å². The highest BCUT2D eigenvalue weighted by molar-refractivity contribution is 5.73. The fraction of sp³-hybridized carbons (Fsp3) is 0.350. The van der Waals surface area contributed by atoms with E-state index in [-0.39, 0.29) is 5.75 Å². The van der Waals surface area contributed by atoms with Crippen LogP contribution in [0.5, 0.6) is 5.75 Å². The summed E-state index contributed by atoms with van der Waals surface area (Å²) in [6, 6.07) is 7.54. The summed E-state index contributed by atoms with van der Waals surface area (Å²) < 4.78 is 2.16. The largest absolute Gasteiger partial charge is 0.508 e. The van der Waals surface area contributed by atoms with Crippen LogP contribution in [0.1, 0.15) is 11.1 Å². The van der Waals surface area contributed by atoms with Gasteiger partial charge in [0.2, 0.25) is 0 Å². The lowest BCUT2D eigenvalue weighted by atomic mass is 9.97. The number of imidazole rings is 1. The molecular weight excluding hydrogens is 326 g/mol. The first kappa shape index (κ1) is 16.9. The maximum Gasteiger partial charge on any atom is 0.138 e. The Morgan fingerprint density at radius 2 is 1.88 bits per heavy atom. The number of phenolic OH excluding ortho intramolecular Hbond substituents is 1. The van der Waals surface area contributed by atoms with E-state index in [0.717, 1.165) is 59.9 Å². The van der Waals surface area contributed by atoms with Gasteiger partial charge in [0.25, 0.3) is 0 Å². The Bertz CT molecular complexity index is 941. The average Bonchev–Trinajstić information content (AvgIpc) is 3.04. The third-order valence-electron chi connectivity index (χ3n) is 5.26. The second kappa shape index (κ2) is 6.63. The molecule has 26 heavy (non-hydrogen) atoms. The van der Waals surface area contributed by atoms with Gasteiger partial charge in [-0.15, -0.1) is 0 Å². The van der Waals surface area contributed by atoms with Crippen molar-refractivity contribution in [2.24, 2.45) is 5.73 Å². The Hall–Kier alpha value is -2.57. The SMILES string of the molecule is Cc1cc(O)ccc1-c1cn2c(N3CCN(C)CC3)cnc2cc1CN. The highest BCUT2D eigenvalue weighted by atomic mass is 16.3. The molecule has 1 aliphatic heterocycles. The van der Waals surface area contributed by atoms with Crippen molar-refractivity contribution >= 4 is 11.5 Å². The van der Waals surface area contributed by atoms with Crippen LogP contribution >= 0.6 is 0 Å². The van der Waals surface area contributed by atoms with Gasteiger partial charge in [-0.1, -0.05) is 6.07 Å². The first-order valence-electron chi connectivity index (χ1n) is 9.00. The molecule has 0 radical (unpaired) electrons. The van der Waals surface area contributed by atoms with Crippen LogP contribution in [-0.4, -0.2) is 52.6 Å². The number of pyridine rings is 1. The molecule has 1 saturated heterocycles. The maximum atomic E-state index is 9.73. The predicted molar refractivity (Wildman–Crippen MR) is 105 cm³/mol. The summed E-state index contributed by atoms with van der Waals surface area (Å²) in [5.74, 6) is 1.40. The van der Waals surface area contributed by atoms with Crippen molar-refractivity contribution in [1.29, 1.82) is 0 Å². The number of aryl methyl sites for hydroxylation is 1. The quantitative estimate of drug-likeness (QED) is 0.757. The normalized spacial score (nSPS) is 15.7. The summed E-state index contributed by atoms with van der Waals surface area (Å²) in [6.45, 7) is 6.56. The molecule has 0 amide bonds. The molecule has 0 aliphatic carbocycles. The van der Waals surface area contributed by atoms with Crippen molar-refractivity contribution in [2.75, 3.05) is 38.1 Å². The molecular formula is C20H25N5O. The summed E-state index contributed by atoms with van der Waals surface area (Å²) in [7, 11) is 2.16. The van der Waals surface area contributed by atoms with E-state index in [1.54, 1.807) is 12.1 Å². The topological polar surface area (TPSA) is 70.0 Å². The lowest BCUT2D eigenvalue weighted by molar-refractivity contribution is 0.312. The van der Waals surface area contributed by atoms with E-state index in [0.29, 0.717) is 6.54 Å². The Balaban J connectivity index is 1.83. The Labute approximate surface area is 153 Å². The number of phenols is 1. The summed E-state index contributed by atoms with van der Waals surface area (Å²) in [5.41, 5.74) is 11.2. The minimum Gasteiger partial charge on any atom is -0.508 e. The third kappa shape index (κ3) is 2.91. The molecule has 6 nitrogen and oxygen atoms in total. The molecule has 136 valence electrons. The number of likely N-dealkylation sites (N-methyl/N-ethyl adjacent to an activating group) is 1. The number of aromatic hydroxyl groups is 1. The van der Waals surface area contributed by atoms with Crippen LogP contribution in [0.15, 0.2) is 36.7 Å². The maximum absolute atomic E-state index is 9.73. The van der Waals surface area contributed by atoms with Crippen LogP contribution < -0.4 is 10.6 Å². The average molecular weight is 351 g/mol. The van der Waals surface area contributed by atoms with E-state index in [1.807, 2.05) is 19.2 Å². The van der Waals surface area contributed by atoms with Crippen molar-refractivity contribution in [3.05, 3.63) is 47.8 Å². The molecule has 3 aromatic rings. The molecule has 0 bridgehead atoms. The Morgan fingerprint density at radius 1 is 1.12 bits per heavy atom. The Kier molecular flexibility index (Phi) is 4.30. The van der Waals surface area contributed by atoms with E-state index < -0.39 is 0 Å². The molecule has 2 aromatic heterocycles. The first-order valence-corrected chi connectivity index (χ1v) is 9.00. The number of hydrogen-bond acceptors (Lipinski definition) is 5. The van der Waals surface area contributed by atoms with Crippen LogP contribution in [0.4, 0.5) is 5.82 Å². The van der Waals surface area contributed by atoms with Crippen molar-refractivity contribution in [3.63, 3.8) is 0 Å². The zero-order valence-corrected chi connectivity index (χ0v) is 15.3. The van der Waals surface area contributed by atoms with E-state index in [4.69, 9.17) is 5.73 Å². The molecule has 0 atom stereocenters. The molecule has 0 unspecified atom stereocenters. The summed E-state index contributed by atoms with van der Waals surface area (Å²) in [4.78, 5) is 9.33. The minimum absolute atomic E-state index is 0.280. The highest BCUT2D eigenvalue weighted by Crippen LogP contribution is 2.31. The minimum atomic E-state index is 0.280. The molecule has 1 fully saturated rings. The molecule has 1 aromatic carbocycles. The number of nitrogens with zero attached hydrogens (tertiary/aromatic N) is 4. The van der Waals surface area contributed by atoms with E-state index >= 15 is 0 Å². The molecule has 0 saturated carbocycles. The van der Waals surface area contributed by atoms with E-state index in [1.165, 1.54) is 0 Å². The van der Waals surface area contributed by atoms with Gasteiger partial charge in [0.05, 0.1) is 6.20 Å². The van der Waals surface area contributed by atoms with Gasteiger partial charge in [-0.3, -0.25) is 4.40 Å². The van der Waals surface area contributed by atoms with E-state index in [9.17, 15) is 5.11 Å². The van der Waals surface area contributed by atoms with Crippen molar-refractivity contribution in [2.45, 2.75) is 13.5 Å². The van der Waals surface area contributed by atoms with Crippen molar-refractivity contribution < 1.29 is 5.11 Å². The van der Waals surface area contributed by atoms with Gasteiger partial charge < -0.3 is 20.6 Å². The molecule has 6 heteroatoms. The fourth-order valence-corrected chi connectivity index (χ4v) is 3.68. The first-order chi connectivity index (χ1) is 12.6. The van der Waals surface area contributed by atoms with Crippen LogP contribution in [-0.2, 0) is 6.54 Å². The monoisotopic (exact) mass is 351 g/mol. The lowest BCUT2D eigenvalue weighted by Crippen LogP contribution is -2.44. The molecule has 0 spiro atoms. The second-order valence-electron chi connectivity index (χ2n) is 7.05. The zero-order valence-electron chi connectivity index (χ0n) is 15.3. The molecule has 3 N–H and O–H groups in total. The summed E-state index contributed by atoms with van der Waals surface area (Å²) >= 11 is 0. The standard InChI is InChI=1S/C20H25N5O/c1-14-9-16(26)3-4-17(14)18-13-25-19(10-15(18)11-21)22-12-20(25)24-7-5-23(2)6-8-24/h3-4,9-10,12-13,26H,5-8,11,21H2,1-2H3. The highest BCUT2D eigenvalue weighted by Gasteiger charge is 2.19. The molecule has 4 rings (SSSR count). The molecule has 1 aliphatic rings. The van der Waals surface area contributed by atoms with Crippen LogP contribution in [0.25, 0.3) is 16.8 Å². The number of anilines is 1. The smallest absolute Gasteiger partial charge is 0.138 e. The van der Waals surface area contributed by atoms with Gasteiger partial charge in [0, 0.05) is 44.5 Å². The number of aromatic nitrogens is 2. The number of hydrogen-bond donors (Lipinski definition) is 2. The van der Waals surface area contributed by atoms with Gasteiger partial charge >= 0.3 is 0 Å². The second-order valence-corrected chi connectivity index (χ2v) is 7.05. The van der Waals surface area contributed by atoms with Gasteiger partial charge in [-0.2, -0.15) is 0 Å². The lowest BCUT2D eigenvalue weighted by Gasteiger charge is -2.33. The van der Waals surface area contributed by atoms with Gasteiger partial charge in [0.1, 0.15) is 17.2 Å². The summed E-state index contributed by atoms with van der Waals surface area (Å²) in [5, 5.41) is 9.73. The van der Waals surface area contributed by atoms with Crippen LogP contribution in [0, 0.1) is 6.92 Å². The van der Waals surface area contributed by atoms with Crippen LogP contribution in [0.3, 0.4) is 0 Å². The van der Waals surface area contributed by atoms with Gasteiger partial charge in [-0.05, 0) is 48.9 Å². The third-order valence-corrected chi connectivity index (χ3v) is 5.26. The van der Waals surface area contributed by atoms with Crippen LogP contribution in [0.2, 0.25) is 0 Å². The summed E-state index contributed by atoms with van der Waals surface area (Å²) in [6.07, 6.45) is 4.09. The van der Waals surface area contributed by atoms with Crippen molar-refractivity contribution in [1.82, 2.24) is 14.3 Å².